The van der Waals surface area contributed by atoms with E-state index in [1.807, 2.05) is 24.3 Å². The topological polar surface area (TPSA) is 53.2 Å². The zero-order chi connectivity index (χ0) is 14.6. The predicted octanol–water partition coefficient (Wildman–Crippen LogP) is 3.59. The van der Waals surface area contributed by atoms with Gasteiger partial charge >= 0.3 is 0 Å². The van der Waals surface area contributed by atoms with Gasteiger partial charge in [0.15, 0.2) is 0 Å². The van der Waals surface area contributed by atoms with Crippen LogP contribution < -0.4 is 0 Å². The summed E-state index contributed by atoms with van der Waals surface area (Å²) in [6.45, 7) is 2.78. The number of rotatable bonds is 4. The lowest BCUT2D eigenvalue weighted by Crippen LogP contribution is -2.32. The fraction of sp³-hybridized carbons (Fsp3) is 0.588. The molecule has 1 saturated carbocycles. The Kier molecular flexibility index (Phi) is 4.80. The Morgan fingerprint density at radius 2 is 1.95 bits per heavy atom. The van der Waals surface area contributed by atoms with Gasteiger partial charge in [-0.25, -0.2) is 0 Å². The SMILES string of the molecule is COCc1ccc(C(O)C2(C#N)CCC(C)CC2)cc1. The number of methoxy groups -OCH3 is 1. The molecule has 0 aliphatic heterocycles. The van der Waals surface area contributed by atoms with Crippen molar-refractivity contribution in [3.63, 3.8) is 0 Å². The molecule has 1 fully saturated rings. The fourth-order valence-electron chi connectivity index (χ4n) is 3.01. The Bertz CT molecular complexity index is 467. The minimum Gasteiger partial charge on any atom is -0.387 e. The summed E-state index contributed by atoms with van der Waals surface area (Å²) in [6.07, 6.45) is 2.91. The van der Waals surface area contributed by atoms with Gasteiger partial charge in [-0.05, 0) is 42.7 Å². The molecule has 20 heavy (non-hydrogen) atoms. The number of hydrogen-bond acceptors (Lipinski definition) is 3. The van der Waals surface area contributed by atoms with Crippen molar-refractivity contribution in [1.29, 1.82) is 5.26 Å². The normalized spacial score (nSPS) is 27.8. The van der Waals surface area contributed by atoms with Crippen molar-refractivity contribution < 1.29 is 9.84 Å². The highest BCUT2D eigenvalue weighted by molar-refractivity contribution is 5.27. The van der Waals surface area contributed by atoms with Crippen molar-refractivity contribution in [2.24, 2.45) is 11.3 Å². The van der Waals surface area contributed by atoms with Crippen molar-refractivity contribution >= 4 is 0 Å². The highest BCUT2D eigenvalue weighted by atomic mass is 16.5. The second-order valence-electron chi connectivity index (χ2n) is 6.03. The van der Waals surface area contributed by atoms with Gasteiger partial charge in [-0.15, -0.1) is 0 Å². The van der Waals surface area contributed by atoms with E-state index in [0.29, 0.717) is 12.5 Å². The third-order valence-corrected chi connectivity index (χ3v) is 4.52. The number of nitrogens with zero attached hydrogens (tertiary/aromatic N) is 1. The average Bonchev–Trinajstić information content (AvgIpc) is 2.49. The molecule has 0 heterocycles. The quantitative estimate of drug-likeness (QED) is 0.912. The van der Waals surface area contributed by atoms with E-state index in [1.54, 1.807) is 7.11 Å². The van der Waals surface area contributed by atoms with Gasteiger partial charge in [-0.3, -0.25) is 0 Å². The van der Waals surface area contributed by atoms with Gasteiger partial charge < -0.3 is 9.84 Å². The lowest BCUT2D eigenvalue weighted by molar-refractivity contribution is 0.0266. The highest BCUT2D eigenvalue weighted by Crippen LogP contribution is 2.47. The van der Waals surface area contributed by atoms with E-state index >= 15 is 0 Å². The number of aliphatic hydroxyl groups is 1. The van der Waals surface area contributed by atoms with E-state index in [2.05, 4.69) is 13.0 Å². The Balaban J connectivity index is 2.16. The molecule has 0 aromatic heterocycles. The molecule has 0 saturated heterocycles. The minimum absolute atomic E-state index is 0.567. The molecule has 2 rings (SSSR count). The second-order valence-corrected chi connectivity index (χ2v) is 6.03. The van der Waals surface area contributed by atoms with Gasteiger partial charge in [0.25, 0.3) is 0 Å². The van der Waals surface area contributed by atoms with Crippen molar-refractivity contribution in [2.75, 3.05) is 7.11 Å². The first-order valence-electron chi connectivity index (χ1n) is 7.28. The monoisotopic (exact) mass is 273 g/mol. The van der Waals surface area contributed by atoms with Crippen LogP contribution in [0.5, 0.6) is 0 Å². The summed E-state index contributed by atoms with van der Waals surface area (Å²) in [5, 5.41) is 20.2. The number of ether oxygens (including phenoxy) is 1. The first-order chi connectivity index (χ1) is 9.61. The van der Waals surface area contributed by atoms with Gasteiger partial charge in [-0.1, -0.05) is 31.2 Å². The summed E-state index contributed by atoms with van der Waals surface area (Å²) in [5.41, 5.74) is 1.29. The smallest absolute Gasteiger partial charge is 0.0976 e. The van der Waals surface area contributed by atoms with Crippen LogP contribution in [-0.4, -0.2) is 12.2 Å². The van der Waals surface area contributed by atoms with Crippen molar-refractivity contribution in [2.45, 2.75) is 45.3 Å². The van der Waals surface area contributed by atoms with Gasteiger partial charge in [0, 0.05) is 7.11 Å². The van der Waals surface area contributed by atoms with Crippen LogP contribution in [0, 0.1) is 22.7 Å². The third kappa shape index (κ3) is 3.03. The van der Waals surface area contributed by atoms with E-state index in [9.17, 15) is 10.4 Å². The molecule has 1 aliphatic carbocycles. The molecule has 108 valence electrons. The van der Waals surface area contributed by atoms with Crippen LogP contribution in [0.25, 0.3) is 0 Å². The molecule has 0 amide bonds. The number of aliphatic hydroxyl groups excluding tert-OH is 1. The van der Waals surface area contributed by atoms with Crippen LogP contribution in [0.2, 0.25) is 0 Å². The van der Waals surface area contributed by atoms with Crippen LogP contribution in [-0.2, 0) is 11.3 Å². The number of hydrogen-bond donors (Lipinski definition) is 1. The molecule has 0 spiro atoms. The van der Waals surface area contributed by atoms with Crippen molar-refractivity contribution in [3.8, 4) is 6.07 Å². The maximum Gasteiger partial charge on any atom is 0.0976 e. The van der Waals surface area contributed by atoms with Crippen molar-refractivity contribution in [3.05, 3.63) is 35.4 Å². The molecule has 1 aromatic carbocycles. The van der Waals surface area contributed by atoms with E-state index in [1.165, 1.54) is 0 Å². The number of benzene rings is 1. The predicted molar refractivity (Wildman–Crippen MR) is 77.8 cm³/mol. The van der Waals surface area contributed by atoms with Crippen LogP contribution in [0.1, 0.15) is 49.8 Å². The Morgan fingerprint density at radius 1 is 1.35 bits per heavy atom. The lowest BCUT2D eigenvalue weighted by Gasteiger charge is -2.37. The molecule has 1 unspecified atom stereocenters. The molecule has 3 heteroatoms. The average molecular weight is 273 g/mol. The molecule has 1 N–H and O–H groups in total. The maximum absolute atomic E-state index is 10.6. The fourth-order valence-corrected chi connectivity index (χ4v) is 3.01. The largest absolute Gasteiger partial charge is 0.387 e. The van der Waals surface area contributed by atoms with Gasteiger partial charge in [-0.2, -0.15) is 5.26 Å². The lowest BCUT2D eigenvalue weighted by atomic mass is 9.67. The zero-order valence-electron chi connectivity index (χ0n) is 12.3. The Labute approximate surface area is 121 Å². The van der Waals surface area contributed by atoms with E-state index in [-0.39, 0.29) is 0 Å². The Morgan fingerprint density at radius 3 is 2.45 bits per heavy atom. The second kappa shape index (κ2) is 6.39. The molecule has 1 aromatic rings. The van der Waals surface area contributed by atoms with E-state index in [4.69, 9.17) is 4.74 Å². The summed E-state index contributed by atoms with van der Waals surface area (Å²) in [4.78, 5) is 0. The molecule has 0 bridgehead atoms. The zero-order valence-corrected chi connectivity index (χ0v) is 12.3. The Hall–Kier alpha value is -1.37. The molecule has 1 atom stereocenters. The van der Waals surface area contributed by atoms with Gasteiger partial charge in [0.1, 0.15) is 0 Å². The van der Waals surface area contributed by atoms with Crippen molar-refractivity contribution in [1.82, 2.24) is 0 Å². The molecular formula is C17H23NO2. The van der Waals surface area contributed by atoms with Crippen LogP contribution in [0.3, 0.4) is 0 Å². The van der Waals surface area contributed by atoms with E-state index < -0.39 is 11.5 Å². The van der Waals surface area contributed by atoms with Gasteiger partial charge in [0.05, 0.1) is 24.2 Å². The van der Waals surface area contributed by atoms with Crippen LogP contribution >= 0.6 is 0 Å². The van der Waals surface area contributed by atoms with Gasteiger partial charge in [0.2, 0.25) is 0 Å². The number of nitriles is 1. The minimum atomic E-state index is -0.698. The standard InChI is InChI=1S/C17H23NO2/c1-13-7-9-17(12-18,10-8-13)16(19)15-5-3-14(4-6-15)11-20-2/h3-6,13,16,19H,7-11H2,1-2H3. The first kappa shape index (κ1) is 15.0. The first-order valence-corrected chi connectivity index (χ1v) is 7.28. The molecule has 0 radical (unpaired) electrons. The van der Waals surface area contributed by atoms with Crippen LogP contribution in [0.4, 0.5) is 0 Å². The summed E-state index contributed by atoms with van der Waals surface area (Å²) >= 11 is 0. The summed E-state index contributed by atoms with van der Waals surface area (Å²) in [5.74, 6) is 0.660. The summed E-state index contributed by atoms with van der Waals surface area (Å²) < 4.78 is 5.08. The molecule has 1 aliphatic rings. The highest BCUT2D eigenvalue weighted by Gasteiger charge is 2.41. The third-order valence-electron chi connectivity index (χ3n) is 4.52. The van der Waals surface area contributed by atoms with E-state index in [0.717, 1.165) is 36.8 Å². The summed E-state index contributed by atoms with van der Waals surface area (Å²) in [6, 6.07) is 10.1. The summed E-state index contributed by atoms with van der Waals surface area (Å²) in [7, 11) is 1.66. The molecular weight excluding hydrogens is 250 g/mol. The van der Waals surface area contributed by atoms with Crippen LogP contribution in [0.15, 0.2) is 24.3 Å². The molecule has 3 nitrogen and oxygen atoms in total. The maximum atomic E-state index is 10.6.